The van der Waals surface area contributed by atoms with E-state index in [1.807, 2.05) is 0 Å². The third kappa shape index (κ3) is 5.05. The molecule has 0 spiro atoms. The highest BCUT2D eigenvalue weighted by Crippen LogP contribution is 2.36. The number of hydrogen-bond acceptors (Lipinski definition) is 5. The zero-order chi connectivity index (χ0) is 23.0. The Morgan fingerprint density at radius 2 is 1.65 bits per heavy atom. The number of aromatic nitrogens is 2. The van der Waals surface area contributed by atoms with E-state index >= 15 is 0 Å². The Morgan fingerprint density at radius 1 is 1.03 bits per heavy atom. The molecule has 0 aliphatic rings. The van der Waals surface area contributed by atoms with Crippen LogP contribution in [0.15, 0.2) is 35.8 Å². The van der Waals surface area contributed by atoms with E-state index < -0.39 is 40.9 Å². The molecule has 2 aromatic heterocycles. The van der Waals surface area contributed by atoms with Crippen LogP contribution in [0.5, 0.6) is 0 Å². The minimum absolute atomic E-state index is 0.0632. The number of carbonyl (C=O) groups excluding carboxylic acids is 2. The highest BCUT2D eigenvalue weighted by atomic mass is 32.1. The molecule has 6 nitrogen and oxygen atoms in total. The minimum Gasteiger partial charge on any atom is -0.464 e. The number of alkyl halides is 6. The maximum absolute atomic E-state index is 13.0. The van der Waals surface area contributed by atoms with Gasteiger partial charge in [0.1, 0.15) is 5.69 Å². The smallest absolute Gasteiger partial charge is 0.416 e. The molecule has 0 fully saturated rings. The van der Waals surface area contributed by atoms with Crippen molar-refractivity contribution in [1.29, 1.82) is 0 Å². The van der Waals surface area contributed by atoms with E-state index in [1.54, 1.807) is 0 Å². The number of esters is 1. The summed E-state index contributed by atoms with van der Waals surface area (Å²) in [5.41, 5.74) is -3.12. The molecule has 0 saturated heterocycles. The molecular formula is C18H11F6N3O3S. The molecule has 164 valence electrons. The molecule has 0 saturated carbocycles. The van der Waals surface area contributed by atoms with Gasteiger partial charge in [-0.2, -0.15) is 26.3 Å². The van der Waals surface area contributed by atoms with Gasteiger partial charge >= 0.3 is 18.3 Å². The number of anilines is 1. The standard InChI is InChI=1S/C18H11F6N3O3S/c1-30-15(29)12-4-9(6-25-12)13-7-31-16(26-13)27-14(28)8-2-10(17(19,20)21)5-11(3-8)18(22,23)24/h2-7,25H,1H3,(H,26,27,28). The van der Waals surface area contributed by atoms with Gasteiger partial charge in [-0.05, 0) is 24.3 Å². The maximum Gasteiger partial charge on any atom is 0.416 e. The Hall–Kier alpha value is -3.35. The molecule has 0 bridgehead atoms. The fourth-order valence-corrected chi connectivity index (χ4v) is 3.20. The molecule has 3 rings (SSSR count). The van der Waals surface area contributed by atoms with Gasteiger partial charge in [-0.25, -0.2) is 9.78 Å². The molecule has 3 aromatic rings. The van der Waals surface area contributed by atoms with E-state index in [2.05, 4.69) is 20.0 Å². The van der Waals surface area contributed by atoms with Crippen molar-refractivity contribution in [2.45, 2.75) is 12.4 Å². The van der Waals surface area contributed by atoms with E-state index in [-0.39, 0.29) is 16.9 Å². The number of nitrogens with one attached hydrogen (secondary N) is 2. The number of aromatic amines is 1. The van der Waals surface area contributed by atoms with Gasteiger partial charge < -0.3 is 9.72 Å². The predicted octanol–water partition coefficient (Wildman–Crippen LogP) is 5.21. The van der Waals surface area contributed by atoms with Crippen LogP contribution in [0.25, 0.3) is 11.3 Å². The lowest BCUT2D eigenvalue weighted by atomic mass is 10.0. The number of methoxy groups -OCH3 is 1. The van der Waals surface area contributed by atoms with Gasteiger partial charge in [-0.3, -0.25) is 10.1 Å². The number of benzene rings is 1. The average molecular weight is 463 g/mol. The lowest BCUT2D eigenvalue weighted by Gasteiger charge is -2.13. The summed E-state index contributed by atoms with van der Waals surface area (Å²) in [6.07, 6.45) is -8.71. The number of H-pyrrole nitrogens is 1. The largest absolute Gasteiger partial charge is 0.464 e. The molecule has 13 heteroatoms. The summed E-state index contributed by atoms with van der Waals surface area (Å²) in [7, 11) is 1.19. The summed E-state index contributed by atoms with van der Waals surface area (Å²) in [4.78, 5) is 30.5. The summed E-state index contributed by atoms with van der Waals surface area (Å²) in [6, 6.07) is 2.01. The van der Waals surface area contributed by atoms with Crippen LogP contribution >= 0.6 is 11.3 Å². The van der Waals surface area contributed by atoms with Crippen LogP contribution in [0.1, 0.15) is 32.0 Å². The van der Waals surface area contributed by atoms with Crippen LogP contribution in [0.3, 0.4) is 0 Å². The molecule has 2 heterocycles. The normalized spacial score (nSPS) is 12.0. The molecule has 0 unspecified atom stereocenters. The topological polar surface area (TPSA) is 84.1 Å². The van der Waals surface area contributed by atoms with Crippen molar-refractivity contribution < 1.29 is 40.7 Å². The molecule has 31 heavy (non-hydrogen) atoms. The predicted molar refractivity (Wildman–Crippen MR) is 97.6 cm³/mol. The lowest BCUT2D eigenvalue weighted by Crippen LogP contribution is -2.17. The van der Waals surface area contributed by atoms with E-state index in [9.17, 15) is 35.9 Å². The molecule has 0 aliphatic heterocycles. The van der Waals surface area contributed by atoms with Crippen molar-refractivity contribution in [3.05, 3.63) is 58.2 Å². The summed E-state index contributed by atoms with van der Waals surface area (Å²) in [5, 5.41) is 3.59. The van der Waals surface area contributed by atoms with Crippen molar-refractivity contribution in [1.82, 2.24) is 9.97 Å². The first-order chi connectivity index (χ1) is 14.4. The second-order valence-electron chi connectivity index (χ2n) is 6.08. The van der Waals surface area contributed by atoms with E-state index in [1.165, 1.54) is 24.8 Å². The quantitative estimate of drug-likeness (QED) is 0.411. The number of rotatable bonds is 4. The maximum atomic E-state index is 13.0. The Bertz CT molecular complexity index is 1100. The fraction of sp³-hybridized carbons (Fsp3) is 0.167. The molecule has 0 aliphatic carbocycles. The average Bonchev–Trinajstić information content (AvgIpc) is 3.35. The Balaban J connectivity index is 1.85. The summed E-state index contributed by atoms with van der Waals surface area (Å²) >= 11 is 0.893. The van der Waals surface area contributed by atoms with Gasteiger partial charge in [0, 0.05) is 22.7 Å². The molecular weight excluding hydrogens is 452 g/mol. The van der Waals surface area contributed by atoms with Gasteiger partial charge in [-0.1, -0.05) is 0 Å². The Kier molecular flexibility index (Phi) is 5.81. The molecule has 1 aromatic carbocycles. The van der Waals surface area contributed by atoms with Crippen LogP contribution in [-0.2, 0) is 17.1 Å². The molecule has 0 radical (unpaired) electrons. The van der Waals surface area contributed by atoms with Gasteiger partial charge in [-0.15, -0.1) is 11.3 Å². The minimum atomic E-state index is -5.07. The first-order valence-electron chi connectivity index (χ1n) is 8.22. The van der Waals surface area contributed by atoms with Gasteiger partial charge in [0.15, 0.2) is 5.13 Å². The molecule has 0 atom stereocenters. The zero-order valence-electron chi connectivity index (χ0n) is 15.3. The van der Waals surface area contributed by atoms with E-state index in [0.717, 1.165) is 11.3 Å². The second-order valence-corrected chi connectivity index (χ2v) is 6.94. The van der Waals surface area contributed by atoms with Crippen LogP contribution in [-0.4, -0.2) is 29.0 Å². The summed E-state index contributed by atoms with van der Waals surface area (Å²) in [5.74, 6) is -1.82. The van der Waals surface area contributed by atoms with Crippen molar-refractivity contribution in [3.8, 4) is 11.3 Å². The summed E-state index contributed by atoms with van der Waals surface area (Å²) in [6.45, 7) is 0. The second kappa shape index (κ2) is 8.06. The number of carbonyl (C=O) groups is 2. The first kappa shape index (κ1) is 22.3. The van der Waals surface area contributed by atoms with E-state index in [0.29, 0.717) is 23.4 Å². The zero-order valence-corrected chi connectivity index (χ0v) is 16.1. The number of halogens is 6. The number of thiazole rings is 1. The third-order valence-electron chi connectivity index (χ3n) is 3.96. The highest BCUT2D eigenvalue weighted by molar-refractivity contribution is 7.14. The summed E-state index contributed by atoms with van der Waals surface area (Å²) < 4.78 is 82.3. The number of hydrogen-bond donors (Lipinski definition) is 2. The van der Waals surface area contributed by atoms with Crippen molar-refractivity contribution >= 4 is 28.3 Å². The SMILES string of the molecule is COC(=O)c1cc(-c2csc(NC(=O)c3cc(C(F)(F)F)cc(C(F)(F)F)c3)n2)c[nH]1. The lowest BCUT2D eigenvalue weighted by molar-refractivity contribution is -0.143. The first-order valence-corrected chi connectivity index (χ1v) is 9.10. The molecule has 1 amide bonds. The van der Waals surface area contributed by atoms with Gasteiger partial charge in [0.25, 0.3) is 5.91 Å². The molecule has 2 N–H and O–H groups in total. The Morgan fingerprint density at radius 3 is 2.19 bits per heavy atom. The van der Waals surface area contributed by atoms with Crippen molar-refractivity contribution in [2.24, 2.45) is 0 Å². The third-order valence-corrected chi connectivity index (χ3v) is 4.72. The Labute approximate surface area is 173 Å². The van der Waals surface area contributed by atoms with Crippen molar-refractivity contribution in [3.63, 3.8) is 0 Å². The highest BCUT2D eigenvalue weighted by Gasteiger charge is 2.37. The van der Waals surface area contributed by atoms with Crippen LogP contribution in [0.4, 0.5) is 31.5 Å². The van der Waals surface area contributed by atoms with Crippen LogP contribution < -0.4 is 5.32 Å². The van der Waals surface area contributed by atoms with Crippen molar-refractivity contribution in [2.75, 3.05) is 12.4 Å². The van der Waals surface area contributed by atoms with Gasteiger partial charge in [0.2, 0.25) is 0 Å². The monoisotopic (exact) mass is 463 g/mol. The number of ether oxygens (including phenoxy) is 1. The number of nitrogens with zero attached hydrogens (tertiary/aromatic N) is 1. The fourth-order valence-electron chi connectivity index (χ4n) is 2.49. The number of amides is 1. The van der Waals surface area contributed by atoms with E-state index in [4.69, 9.17) is 0 Å². The van der Waals surface area contributed by atoms with Crippen LogP contribution in [0, 0.1) is 0 Å². The van der Waals surface area contributed by atoms with Gasteiger partial charge in [0.05, 0.1) is 23.9 Å². The van der Waals surface area contributed by atoms with Crippen LogP contribution in [0.2, 0.25) is 0 Å².